The molecule has 10 atom stereocenters. The van der Waals surface area contributed by atoms with Crippen molar-refractivity contribution in [3.8, 4) is 12.3 Å². The van der Waals surface area contributed by atoms with E-state index in [0.717, 1.165) is 27.2 Å². The monoisotopic (exact) mass is 1510 g/mol. The third-order valence-electron chi connectivity index (χ3n) is 14.3. The number of amidine groups is 1. The maximum absolute atomic E-state index is 13.7. The van der Waals surface area contributed by atoms with Gasteiger partial charge in [-0.3, -0.25) is 40.1 Å². The fourth-order valence-electron chi connectivity index (χ4n) is 9.83. The van der Waals surface area contributed by atoms with Crippen LogP contribution in [-0.4, -0.2) is 301 Å². The molecule has 4 rings (SSSR count). The zero-order valence-electron chi connectivity index (χ0n) is 62.4. The Hall–Kier alpha value is -9.17. The van der Waals surface area contributed by atoms with Crippen LogP contribution in [0.2, 0.25) is 0 Å². The lowest BCUT2D eigenvalue weighted by Crippen LogP contribution is -2.61. The average molecular weight is 1510 g/mol. The van der Waals surface area contributed by atoms with Crippen molar-refractivity contribution < 1.29 is 143 Å². The van der Waals surface area contributed by atoms with Gasteiger partial charge >= 0.3 is 42.5 Å². The number of hydrogen-bond acceptors (Lipinski definition) is 32. The summed E-state index contributed by atoms with van der Waals surface area (Å²) >= 11 is 0. The van der Waals surface area contributed by atoms with Gasteiger partial charge in [-0.2, -0.15) is 0 Å². The third-order valence-corrected chi connectivity index (χ3v) is 14.3. The molecule has 6 N–H and O–H groups in total. The van der Waals surface area contributed by atoms with Crippen LogP contribution >= 0.6 is 0 Å². The van der Waals surface area contributed by atoms with Gasteiger partial charge in [0, 0.05) is 39.0 Å². The number of nitrogens with zero attached hydrogens (tertiary/aromatic N) is 3. The number of aliphatic imine (C=N–C) groups is 2. The number of amides is 7. The lowest BCUT2D eigenvalue weighted by Gasteiger charge is -2.40. The van der Waals surface area contributed by atoms with Crippen LogP contribution in [0, 0.1) is 18.3 Å². The first-order valence-corrected chi connectivity index (χ1v) is 34.0. The number of rotatable bonds is 40. The Bertz CT molecular complexity index is 3070. The van der Waals surface area contributed by atoms with E-state index in [4.69, 9.17) is 96.4 Å². The van der Waals surface area contributed by atoms with E-state index in [9.17, 15) is 52.7 Å². The predicted molar refractivity (Wildman–Crippen MR) is 366 cm³/mol. The van der Waals surface area contributed by atoms with Crippen molar-refractivity contribution >= 4 is 78.0 Å². The molecule has 0 bridgehead atoms. The second-order valence-corrected chi connectivity index (χ2v) is 26.5. The molecule has 4 aliphatic heterocycles. The summed E-state index contributed by atoms with van der Waals surface area (Å²) in [6.07, 6.45) is -5.23. The smallest absolute Gasteiger partial charge is 0.480 e. The number of alkyl carbamates (subject to hydrolysis) is 3. The second-order valence-electron chi connectivity index (χ2n) is 26.5. The van der Waals surface area contributed by atoms with Crippen LogP contribution in [-0.2, 0) is 119 Å². The Morgan fingerprint density at radius 3 is 1.42 bits per heavy atom. The summed E-state index contributed by atoms with van der Waals surface area (Å²) < 4.78 is 105. The molecule has 0 aromatic heterocycles. The highest BCUT2D eigenvalue weighted by Crippen LogP contribution is 2.34. The molecule has 0 saturated carbocycles. The van der Waals surface area contributed by atoms with Crippen molar-refractivity contribution in [1.82, 2.24) is 36.8 Å². The van der Waals surface area contributed by atoms with Gasteiger partial charge in [0.1, 0.15) is 74.0 Å². The quantitative estimate of drug-likeness (QED) is 0.0125. The van der Waals surface area contributed by atoms with Crippen LogP contribution < -0.4 is 31.9 Å². The summed E-state index contributed by atoms with van der Waals surface area (Å²) in [6, 6.07) is -3.68. The van der Waals surface area contributed by atoms with Gasteiger partial charge in [0.25, 0.3) is 0 Å². The van der Waals surface area contributed by atoms with Gasteiger partial charge < -0.3 is 111 Å². The molecule has 0 radical (unpaired) electrons. The van der Waals surface area contributed by atoms with Gasteiger partial charge in [-0.25, -0.2) is 38.6 Å². The second kappa shape index (κ2) is 45.4. The van der Waals surface area contributed by atoms with Crippen molar-refractivity contribution in [3.63, 3.8) is 0 Å². The van der Waals surface area contributed by atoms with Gasteiger partial charge in [0.15, 0.2) is 18.3 Å². The molecule has 39 heteroatoms. The van der Waals surface area contributed by atoms with Gasteiger partial charge in [-0.05, 0) is 81.4 Å². The van der Waals surface area contributed by atoms with E-state index in [-0.39, 0.29) is 110 Å². The Labute approximate surface area is 614 Å². The molecule has 7 amide bonds. The lowest BCUT2D eigenvalue weighted by molar-refractivity contribution is -0.156. The topological polar surface area (TPSA) is 463 Å². The van der Waals surface area contributed by atoms with E-state index in [2.05, 4.69) is 47.8 Å². The molecule has 39 nitrogen and oxygen atoms in total. The van der Waals surface area contributed by atoms with Crippen molar-refractivity contribution in [3.05, 3.63) is 23.7 Å². The highest BCUT2D eigenvalue weighted by molar-refractivity contribution is 6.01. The summed E-state index contributed by atoms with van der Waals surface area (Å²) in [4.78, 5) is 153. The third kappa shape index (κ3) is 34.8. The number of esters is 2. The average Bonchev–Trinajstić information content (AvgIpc) is 1.18. The minimum absolute atomic E-state index is 0.00406. The molecule has 4 heterocycles. The first-order chi connectivity index (χ1) is 50.1. The molecule has 106 heavy (non-hydrogen) atoms. The zero-order chi connectivity index (χ0) is 78.6. The number of carbonyl (C=O) groups excluding carboxylic acids is 11. The molecule has 596 valence electrons. The number of methoxy groups -OCH3 is 2. The van der Waals surface area contributed by atoms with Crippen molar-refractivity contribution in [2.75, 3.05) is 146 Å². The van der Waals surface area contributed by atoms with Crippen LogP contribution in [0.1, 0.15) is 89.5 Å². The summed E-state index contributed by atoms with van der Waals surface area (Å²) in [5, 5.41) is 15.2. The van der Waals surface area contributed by atoms with Crippen molar-refractivity contribution in [1.29, 1.82) is 0 Å². The maximum atomic E-state index is 13.7. The van der Waals surface area contributed by atoms with Crippen LogP contribution in [0.5, 0.6) is 0 Å². The largest absolute Gasteiger partial charge is 0.508 e. The SMILES string of the molecule is C#CCOCCOCCOCCOCCC(=O)N(CCOCCNC(=O)CO[C@@H]([C@H]1OC(C(=O)OC)=CC(N=C(C)NC(=O)OC(C)(C)C)[C@@H]1C)[C@H]1COC(=O)O1)CCOCCNC(=O)CO[C@@H]([C@H]1OC(C(=O)OC)=C[C@@H](N=C(NC(=O)OC(C)(C)C)NC(=O)OC(C)(C)C)[C@@H]1NC(C)=O)[C@H]1COC(=O)O1. The minimum Gasteiger partial charge on any atom is -0.480 e. The zero-order valence-corrected chi connectivity index (χ0v) is 62.4. The van der Waals surface area contributed by atoms with E-state index in [0.29, 0.717) is 26.4 Å². The van der Waals surface area contributed by atoms with Crippen LogP contribution in [0.3, 0.4) is 0 Å². The Kier molecular flexibility index (Phi) is 38.2. The number of terminal acetylenes is 1. The standard InChI is InChI=1S/C67H103N9O30/c1-16-22-90-28-30-94-32-33-95-31-29-91-23-17-51(80)76(20-26-92-24-18-68-49(78)38-96-54(47-36-98-63(86)102-47)53-40(2)43(34-45(100-53)57(81)88-14)70-41(3)71-60(83)104-65(5,6)7)21-27-93-25-19-69-50(79)39-97-55(48-37-99-64(87)103-48)56-52(72-42(4)77)44(35-46(101-56)58(82)89-15)73-59(74-61(84)105-66(8,9)10)75-62(85)106-67(11,12)13/h1,34-35,40,43-44,47-48,52-56H,17-33,36-39H2,2-15H3,(H,68,78)(H,69,79)(H,72,77)(H,70,71,83)(H2,73,74,75,84,85)/t40-,43?,44+,47+,48+,52-,53-,54+,55+,56-/m0/s1. The van der Waals surface area contributed by atoms with Crippen molar-refractivity contribution in [2.24, 2.45) is 15.9 Å². The number of ether oxygens (including phenoxy) is 19. The van der Waals surface area contributed by atoms with E-state index in [1.165, 1.54) is 17.9 Å². The molecule has 0 aliphatic carbocycles. The lowest BCUT2D eigenvalue weighted by atomic mass is 9.87. The van der Waals surface area contributed by atoms with E-state index >= 15 is 0 Å². The van der Waals surface area contributed by atoms with Crippen LogP contribution in [0.15, 0.2) is 33.7 Å². The van der Waals surface area contributed by atoms with Gasteiger partial charge in [-0.15, -0.1) is 6.42 Å². The normalized spacial score (nSPS) is 20.5. The Balaban J connectivity index is 1.39. The van der Waals surface area contributed by atoms with Gasteiger partial charge in [-0.1, -0.05) is 12.8 Å². The van der Waals surface area contributed by atoms with Gasteiger partial charge in [0.05, 0.1) is 111 Å². The maximum Gasteiger partial charge on any atom is 0.508 e. The number of guanidine groups is 1. The van der Waals surface area contributed by atoms with Gasteiger partial charge in [0.2, 0.25) is 41.1 Å². The fourth-order valence-corrected chi connectivity index (χ4v) is 9.83. The van der Waals surface area contributed by atoms with E-state index < -0.39 is 169 Å². The molecule has 1 unspecified atom stereocenters. The number of carbonyl (C=O) groups is 11. The Morgan fingerprint density at radius 2 is 0.991 bits per heavy atom. The van der Waals surface area contributed by atoms with E-state index in [1.54, 1.807) is 69.2 Å². The molecular weight excluding hydrogens is 1410 g/mol. The first-order valence-electron chi connectivity index (χ1n) is 34.0. The number of hydrogen-bond donors (Lipinski definition) is 6. The number of nitrogens with one attached hydrogen (secondary N) is 6. The molecule has 0 aromatic rings. The highest BCUT2D eigenvalue weighted by Gasteiger charge is 2.50. The molecular formula is C67H103N9O30. The summed E-state index contributed by atoms with van der Waals surface area (Å²) in [5.74, 6) is -3.74. The highest BCUT2D eigenvalue weighted by atomic mass is 16.8. The summed E-state index contributed by atoms with van der Waals surface area (Å²) in [6.45, 7) is 18.7. The van der Waals surface area contributed by atoms with Crippen LogP contribution in [0.25, 0.3) is 0 Å². The van der Waals surface area contributed by atoms with E-state index in [1.807, 2.05) is 0 Å². The number of cyclic esters (lactones) is 4. The predicted octanol–water partition coefficient (Wildman–Crippen LogP) is 1.15. The fraction of sp³-hybridized carbons (Fsp3) is 0.716. The van der Waals surface area contributed by atoms with Crippen LogP contribution in [0.4, 0.5) is 24.0 Å². The minimum atomic E-state index is -1.57. The summed E-state index contributed by atoms with van der Waals surface area (Å²) in [5.41, 5.74) is -2.85. The molecule has 2 saturated heterocycles. The molecule has 0 aromatic carbocycles. The molecule has 4 aliphatic rings. The molecule has 2 fully saturated rings. The summed E-state index contributed by atoms with van der Waals surface area (Å²) in [7, 11) is 2.19. The van der Waals surface area contributed by atoms with Crippen molar-refractivity contribution in [2.45, 2.75) is 161 Å². The Morgan fingerprint density at radius 1 is 0.566 bits per heavy atom. The molecule has 0 spiro atoms. The first kappa shape index (κ1) is 89.2.